The van der Waals surface area contributed by atoms with E-state index in [0.29, 0.717) is 17.1 Å². The Hall–Kier alpha value is -2.06. The Kier molecular flexibility index (Phi) is 4.98. The Labute approximate surface area is 159 Å². The molecule has 0 atom stereocenters. The zero-order valence-corrected chi connectivity index (χ0v) is 17.2. The first-order valence-corrected chi connectivity index (χ1v) is 10.1. The Morgan fingerprint density at radius 2 is 2.04 bits per heavy atom. The molecule has 0 aromatic carbocycles. The molecular weight excluding hydrogens is 368 g/mol. The molecule has 1 amide bonds. The molecule has 138 valence electrons. The summed E-state index contributed by atoms with van der Waals surface area (Å²) in [4.78, 5) is 35.5. The molecule has 3 aromatic rings. The van der Waals surface area contributed by atoms with E-state index in [-0.39, 0.29) is 23.3 Å². The van der Waals surface area contributed by atoms with E-state index in [2.05, 4.69) is 36.1 Å². The second-order valence-electron chi connectivity index (χ2n) is 7.29. The molecule has 0 saturated carbocycles. The van der Waals surface area contributed by atoms with Crippen molar-refractivity contribution in [1.82, 2.24) is 14.5 Å². The van der Waals surface area contributed by atoms with Gasteiger partial charge in [-0.1, -0.05) is 20.8 Å². The van der Waals surface area contributed by atoms with E-state index in [9.17, 15) is 9.59 Å². The van der Waals surface area contributed by atoms with E-state index in [1.54, 1.807) is 0 Å². The van der Waals surface area contributed by atoms with Crippen LogP contribution in [0.5, 0.6) is 0 Å². The van der Waals surface area contributed by atoms with E-state index in [0.717, 1.165) is 21.0 Å². The molecule has 3 aromatic heterocycles. The lowest BCUT2D eigenvalue weighted by molar-refractivity contribution is -0.116. The molecule has 0 fully saturated rings. The first-order valence-electron chi connectivity index (χ1n) is 8.38. The molecule has 26 heavy (non-hydrogen) atoms. The van der Waals surface area contributed by atoms with Crippen molar-refractivity contribution in [1.29, 1.82) is 0 Å². The normalized spacial score (nSPS) is 11.9. The number of thiophene rings is 1. The van der Waals surface area contributed by atoms with E-state index in [4.69, 9.17) is 0 Å². The van der Waals surface area contributed by atoms with Crippen molar-refractivity contribution < 1.29 is 4.79 Å². The highest BCUT2D eigenvalue weighted by atomic mass is 32.1. The Morgan fingerprint density at radius 3 is 2.69 bits per heavy atom. The number of hydrogen-bond acceptors (Lipinski definition) is 6. The van der Waals surface area contributed by atoms with Crippen molar-refractivity contribution >= 4 is 43.9 Å². The number of thiazole rings is 1. The summed E-state index contributed by atoms with van der Waals surface area (Å²) in [7, 11) is 0. The molecule has 8 heteroatoms. The van der Waals surface area contributed by atoms with Crippen molar-refractivity contribution in [2.45, 2.75) is 53.0 Å². The number of aromatic nitrogens is 3. The van der Waals surface area contributed by atoms with Crippen LogP contribution in [0.4, 0.5) is 5.13 Å². The Balaban J connectivity index is 1.69. The number of nitrogens with zero attached hydrogens (tertiary/aromatic N) is 3. The molecule has 0 bridgehead atoms. The largest absolute Gasteiger partial charge is 0.302 e. The Bertz CT molecular complexity index is 1020. The smallest absolute Gasteiger partial charge is 0.262 e. The average Bonchev–Trinajstić information content (AvgIpc) is 3.12. The SMILES string of the molecule is Cc1sc2ncn(CCC(=O)Nc3nc(C(C)(C)C)cs3)c(=O)c2c1C. The minimum atomic E-state index is -0.162. The maximum atomic E-state index is 12.6. The van der Waals surface area contributed by atoms with Crippen molar-refractivity contribution in [2.24, 2.45) is 0 Å². The fourth-order valence-corrected chi connectivity index (χ4v) is 4.45. The molecule has 0 aliphatic rings. The first kappa shape index (κ1) is 18.7. The van der Waals surface area contributed by atoms with Gasteiger partial charge in [0.15, 0.2) is 5.13 Å². The predicted octanol–water partition coefficient (Wildman–Crippen LogP) is 3.86. The van der Waals surface area contributed by atoms with Crippen LogP contribution < -0.4 is 10.9 Å². The van der Waals surface area contributed by atoms with Crippen LogP contribution in [0.15, 0.2) is 16.5 Å². The van der Waals surface area contributed by atoms with E-state index in [1.165, 1.54) is 33.6 Å². The molecule has 0 aliphatic carbocycles. The standard InChI is InChI=1S/C18H22N4O2S2/c1-10-11(2)26-15-14(10)16(24)22(9-19-15)7-6-13(23)21-17-20-12(8-25-17)18(3,4)5/h8-9H,6-7H2,1-5H3,(H,20,21,23). The third-order valence-electron chi connectivity index (χ3n) is 4.25. The van der Waals surface area contributed by atoms with Crippen LogP contribution in [-0.2, 0) is 16.8 Å². The van der Waals surface area contributed by atoms with Crippen LogP contribution in [0.1, 0.15) is 43.3 Å². The van der Waals surface area contributed by atoms with Gasteiger partial charge in [0.05, 0.1) is 17.4 Å². The zero-order chi connectivity index (χ0) is 19.1. The second-order valence-corrected chi connectivity index (χ2v) is 9.35. The monoisotopic (exact) mass is 390 g/mol. The third-order valence-corrected chi connectivity index (χ3v) is 6.13. The van der Waals surface area contributed by atoms with Gasteiger partial charge in [-0.25, -0.2) is 9.97 Å². The van der Waals surface area contributed by atoms with Crippen molar-refractivity contribution in [3.63, 3.8) is 0 Å². The summed E-state index contributed by atoms with van der Waals surface area (Å²) >= 11 is 2.93. The minimum Gasteiger partial charge on any atom is -0.302 e. The van der Waals surface area contributed by atoms with Gasteiger partial charge in [-0.3, -0.25) is 14.2 Å². The fraction of sp³-hybridized carbons (Fsp3) is 0.444. The van der Waals surface area contributed by atoms with Gasteiger partial charge in [-0.15, -0.1) is 22.7 Å². The van der Waals surface area contributed by atoms with Crippen LogP contribution in [0.3, 0.4) is 0 Å². The number of nitrogens with one attached hydrogen (secondary N) is 1. The van der Waals surface area contributed by atoms with Crippen molar-refractivity contribution in [3.05, 3.63) is 38.2 Å². The number of rotatable bonds is 4. The van der Waals surface area contributed by atoms with E-state index < -0.39 is 0 Å². The van der Waals surface area contributed by atoms with Gasteiger partial charge in [-0.2, -0.15) is 0 Å². The van der Waals surface area contributed by atoms with E-state index >= 15 is 0 Å². The first-order chi connectivity index (χ1) is 12.2. The lowest BCUT2D eigenvalue weighted by Gasteiger charge is -2.14. The molecule has 0 unspecified atom stereocenters. The zero-order valence-electron chi connectivity index (χ0n) is 15.5. The molecule has 0 spiro atoms. The lowest BCUT2D eigenvalue weighted by Crippen LogP contribution is -2.23. The number of amides is 1. The number of carbonyl (C=O) groups is 1. The summed E-state index contributed by atoms with van der Waals surface area (Å²) in [5, 5.41) is 6.02. The third kappa shape index (κ3) is 3.71. The summed E-state index contributed by atoms with van der Waals surface area (Å²) in [5.74, 6) is -0.162. The van der Waals surface area contributed by atoms with Gasteiger partial charge in [0.2, 0.25) is 5.91 Å². The van der Waals surface area contributed by atoms with Gasteiger partial charge < -0.3 is 5.32 Å². The second kappa shape index (κ2) is 6.92. The minimum absolute atomic E-state index is 0.0512. The number of fused-ring (bicyclic) bond motifs is 1. The molecule has 0 saturated heterocycles. The summed E-state index contributed by atoms with van der Waals surface area (Å²) < 4.78 is 1.50. The molecule has 1 N–H and O–H groups in total. The molecule has 3 rings (SSSR count). The molecule has 0 radical (unpaired) electrons. The topological polar surface area (TPSA) is 76.9 Å². The Morgan fingerprint density at radius 1 is 1.31 bits per heavy atom. The van der Waals surface area contributed by atoms with Gasteiger partial charge in [0.25, 0.3) is 5.56 Å². The van der Waals surface area contributed by atoms with Crippen molar-refractivity contribution in [3.8, 4) is 0 Å². The van der Waals surface area contributed by atoms with Gasteiger partial charge in [0, 0.05) is 28.6 Å². The molecule has 0 aliphatic heterocycles. The molecule has 3 heterocycles. The van der Waals surface area contributed by atoms with Gasteiger partial charge >= 0.3 is 0 Å². The highest BCUT2D eigenvalue weighted by Crippen LogP contribution is 2.27. The van der Waals surface area contributed by atoms with Crippen LogP contribution in [-0.4, -0.2) is 20.4 Å². The lowest BCUT2D eigenvalue weighted by atomic mass is 9.93. The predicted molar refractivity (Wildman–Crippen MR) is 107 cm³/mol. The molecular formula is C18H22N4O2S2. The van der Waals surface area contributed by atoms with Crippen LogP contribution >= 0.6 is 22.7 Å². The van der Waals surface area contributed by atoms with Crippen LogP contribution in [0, 0.1) is 13.8 Å². The highest BCUT2D eigenvalue weighted by Gasteiger charge is 2.18. The van der Waals surface area contributed by atoms with Gasteiger partial charge in [-0.05, 0) is 19.4 Å². The summed E-state index contributed by atoms with van der Waals surface area (Å²) in [6, 6.07) is 0. The number of aryl methyl sites for hydroxylation is 3. The summed E-state index contributed by atoms with van der Waals surface area (Å²) in [6.07, 6.45) is 1.72. The fourth-order valence-electron chi connectivity index (χ4n) is 2.51. The van der Waals surface area contributed by atoms with E-state index in [1.807, 2.05) is 19.2 Å². The van der Waals surface area contributed by atoms with Crippen LogP contribution in [0.25, 0.3) is 10.2 Å². The summed E-state index contributed by atoms with van der Waals surface area (Å²) in [6.45, 7) is 10.5. The number of hydrogen-bond donors (Lipinski definition) is 1. The number of anilines is 1. The maximum Gasteiger partial charge on any atom is 0.262 e. The quantitative estimate of drug-likeness (QED) is 0.734. The van der Waals surface area contributed by atoms with Crippen LogP contribution in [0.2, 0.25) is 0 Å². The number of carbonyl (C=O) groups excluding carboxylic acids is 1. The van der Waals surface area contributed by atoms with Gasteiger partial charge in [0.1, 0.15) is 4.83 Å². The average molecular weight is 391 g/mol. The maximum absolute atomic E-state index is 12.6. The van der Waals surface area contributed by atoms with Crippen molar-refractivity contribution in [2.75, 3.05) is 5.32 Å². The summed E-state index contributed by atoms with van der Waals surface area (Å²) in [5.41, 5.74) is 1.78. The molecule has 6 nitrogen and oxygen atoms in total. The highest BCUT2D eigenvalue weighted by molar-refractivity contribution is 7.18.